The van der Waals surface area contributed by atoms with Gasteiger partial charge in [0.25, 0.3) is 0 Å². The van der Waals surface area contributed by atoms with Crippen molar-refractivity contribution in [3.8, 4) is 0 Å². The molecule has 0 spiro atoms. The summed E-state index contributed by atoms with van der Waals surface area (Å²) in [5.41, 5.74) is 1.86. The fraction of sp³-hybridized carbons (Fsp3) is 0.455. The Morgan fingerprint density at radius 1 is 1.47 bits per heavy atom. The predicted molar refractivity (Wildman–Crippen MR) is 59.7 cm³/mol. The third-order valence-corrected chi connectivity index (χ3v) is 4.86. The van der Waals surface area contributed by atoms with Crippen LogP contribution in [-0.2, 0) is 16.4 Å². The van der Waals surface area contributed by atoms with Crippen molar-refractivity contribution in [1.82, 2.24) is 5.32 Å². The van der Waals surface area contributed by atoms with E-state index in [4.69, 9.17) is 0 Å². The first-order chi connectivity index (χ1) is 7.06. The Bertz CT molecular complexity index is 479. The van der Waals surface area contributed by atoms with E-state index in [1.54, 1.807) is 0 Å². The average molecular weight is 225 g/mol. The summed E-state index contributed by atoms with van der Waals surface area (Å²) < 4.78 is 23.9. The van der Waals surface area contributed by atoms with Crippen molar-refractivity contribution in [3.63, 3.8) is 0 Å². The van der Waals surface area contributed by atoms with Crippen molar-refractivity contribution < 1.29 is 8.42 Å². The molecule has 1 aromatic rings. The summed E-state index contributed by atoms with van der Waals surface area (Å²) in [5.74, 6) is 0.380. The maximum Gasteiger partial charge on any atom is 0.179 e. The molecule has 0 aliphatic carbocycles. The SMILES string of the molecule is CNCc1cccc2c1S(=O)(=O)CC2C. The van der Waals surface area contributed by atoms with Gasteiger partial charge in [0, 0.05) is 6.54 Å². The maximum atomic E-state index is 11.9. The highest BCUT2D eigenvalue weighted by atomic mass is 32.2. The van der Waals surface area contributed by atoms with Gasteiger partial charge in [-0.15, -0.1) is 0 Å². The van der Waals surface area contributed by atoms with E-state index in [9.17, 15) is 8.42 Å². The fourth-order valence-corrected chi connectivity index (χ4v) is 4.38. The topological polar surface area (TPSA) is 46.2 Å². The highest BCUT2D eigenvalue weighted by Gasteiger charge is 2.33. The van der Waals surface area contributed by atoms with Crippen LogP contribution in [0.2, 0.25) is 0 Å². The molecule has 1 atom stereocenters. The second-order valence-electron chi connectivity index (χ2n) is 4.05. The minimum Gasteiger partial charge on any atom is -0.316 e. The van der Waals surface area contributed by atoms with Gasteiger partial charge in [-0.25, -0.2) is 8.42 Å². The summed E-state index contributed by atoms with van der Waals surface area (Å²) >= 11 is 0. The smallest absolute Gasteiger partial charge is 0.179 e. The van der Waals surface area contributed by atoms with Gasteiger partial charge >= 0.3 is 0 Å². The number of rotatable bonds is 2. The lowest BCUT2D eigenvalue weighted by molar-refractivity contribution is 0.597. The van der Waals surface area contributed by atoms with Gasteiger partial charge in [0.1, 0.15) is 0 Å². The molecule has 82 valence electrons. The van der Waals surface area contributed by atoms with Crippen LogP contribution < -0.4 is 5.32 Å². The molecule has 0 aromatic heterocycles. The Balaban J connectivity index is 2.64. The Morgan fingerprint density at radius 3 is 2.87 bits per heavy atom. The quantitative estimate of drug-likeness (QED) is 0.825. The molecule has 1 unspecified atom stereocenters. The molecule has 0 amide bonds. The zero-order valence-electron chi connectivity index (χ0n) is 8.95. The van der Waals surface area contributed by atoms with E-state index in [2.05, 4.69) is 5.32 Å². The lowest BCUT2D eigenvalue weighted by Gasteiger charge is -2.07. The second-order valence-corrected chi connectivity index (χ2v) is 6.02. The Labute approximate surface area is 90.4 Å². The largest absolute Gasteiger partial charge is 0.316 e. The molecular weight excluding hydrogens is 210 g/mol. The van der Waals surface area contributed by atoms with E-state index in [0.717, 1.165) is 11.1 Å². The number of sulfone groups is 1. The Morgan fingerprint density at radius 2 is 2.20 bits per heavy atom. The highest BCUT2D eigenvalue weighted by Crippen LogP contribution is 2.36. The van der Waals surface area contributed by atoms with Crippen molar-refractivity contribution in [1.29, 1.82) is 0 Å². The predicted octanol–water partition coefficient (Wildman–Crippen LogP) is 1.30. The van der Waals surface area contributed by atoms with Crippen molar-refractivity contribution in [3.05, 3.63) is 29.3 Å². The molecular formula is C11H15NO2S. The molecule has 0 saturated carbocycles. The van der Waals surface area contributed by atoms with E-state index in [-0.39, 0.29) is 11.7 Å². The first-order valence-electron chi connectivity index (χ1n) is 5.05. The van der Waals surface area contributed by atoms with Gasteiger partial charge in [-0.1, -0.05) is 25.1 Å². The molecule has 15 heavy (non-hydrogen) atoms. The van der Waals surface area contributed by atoms with Gasteiger partial charge < -0.3 is 5.32 Å². The molecule has 0 saturated heterocycles. The third kappa shape index (κ3) is 1.68. The van der Waals surface area contributed by atoms with Crippen LogP contribution in [0.5, 0.6) is 0 Å². The van der Waals surface area contributed by atoms with Crippen LogP contribution >= 0.6 is 0 Å². The van der Waals surface area contributed by atoms with Crippen LogP contribution in [0.1, 0.15) is 24.0 Å². The summed E-state index contributed by atoms with van der Waals surface area (Å²) in [7, 11) is -1.22. The Hall–Kier alpha value is -0.870. The molecule has 1 N–H and O–H groups in total. The molecule has 2 rings (SSSR count). The van der Waals surface area contributed by atoms with Crippen molar-refractivity contribution >= 4 is 9.84 Å². The van der Waals surface area contributed by atoms with Crippen LogP contribution in [0, 0.1) is 0 Å². The molecule has 0 fully saturated rings. The van der Waals surface area contributed by atoms with Crippen LogP contribution in [-0.4, -0.2) is 21.2 Å². The summed E-state index contributed by atoms with van der Waals surface area (Å²) in [6.07, 6.45) is 0. The van der Waals surface area contributed by atoms with E-state index in [0.29, 0.717) is 11.4 Å². The molecule has 1 aliphatic heterocycles. The van der Waals surface area contributed by atoms with Crippen molar-refractivity contribution in [2.45, 2.75) is 24.3 Å². The molecule has 3 nitrogen and oxygen atoms in total. The van der Waals surface area contributed by atoms with Gasteiger partial charge in [0.15, 0.2) is 9.84 Å². The first kappa shape index (κ1) is 10.6. The van der Waals surface area contributed by atoms with Crippen LogP contribution in [0.3, 0.4) is 0 Å². The fourth-order valence-electron chi connectivity index (χ4n) is 2.20. The molecule has 1 heterocycles. The van der Waals surface area contributed by atoms with Gasteiger partial charge in [-0.05, 0) is 24.1 Å². The minimum atomic E-state index is -3.05. The highest BCUT2D eigenvalue weighted by molar-refractivity contribution is 7.91. The molecule has 0 radical (unpaired) electrons. The van der Waals surface area contributed by atoms with E-state index >= 15 is 0 Å². The van der Waals surface area contributed by atoms with E-state index in [1.165, 1.54) is 0 Å². The minimum absolute atomic E-state index is 0.127. The first-order valence-corrected chi connectivity index (χ1v) is 6.70. The monoisotopic (exact) mass is 225 g/mol. The van der Waals surface area contributed by atoms with Crippen LogP contribution in [0.15, 0.2) is 23.1 Å². The summed E-state index contributed by atoms with van der Waals surface area (Å²) in [6.45, 7) is 2.57. The molecule has 4 heteroatoms. The van der Waals surface area contributed by atoms with Gasteiger partial charge in [0.05, 0.1) is 10.6 Å². The second kappa shape index (κ2) is 3.61. The lowest BCUT2D eigenvalue weighted by atomic mass is 10.0. The number of fused-ring (bicyclic) bond motifs is 1. The van der Waals surface area contributed by atoms with Crippen LogP contribution in [0.4, 0.5) is 0 Å². The maximum absolute atomic E-state index is 11.9. The van der Waals surface area contributed by atoms with Crippen molar-refractivity contribution in [2.24, 2.45) is 0 Å². The van der Waals surface area contributed by atoms with E-state index < -0.39 is 9.84 Å². The number of benzene rings is 1. The Kier molecular flexibility index (Phi) is 2.56. The number of hydrogen-bond acceptors (Lipinski definition) is 3. The van der Waals surface area contributed by atoms with Crippen molar-refractivity contribution in [2.75, 3.05) is 12.8 Å². The average Bonchev–Trinajstić information content (AvgIpc) is 2.39. The molecule has 0 bridgehead atoms. The normalized spacial score (nSPS) is 22.7. The standard InChI is InChI=1S/C11H15NO2S/c1-8-7-15(13,14)11-9(6-12-2)4-3-5-10(8)11/h3-5,8,12H,6-7H2,1-2H3. The zero-order chi connectivity index (χ0) is 11.1. The summed E-state index contributed by atoms with van der Waals surface area (Å²) in [5, 5.41) is 3.00. The number of nitrogens with one attached hydrogen (secondary N) is 1. The van der Waals surface area contributed by atoms with Gasteiger partial charge in [-0.2, -0.15) is 0 Å². The third-order valence-electron chi connectivity index (χ3n) is 2.81. The molecule has 1 aromatic carbocycles. The summed E-state index contributed by atoms with van der Waals surface area (Å²) in [6, 6.07) is 5.73. The number of hydrogen-bond donors (Lipinski definition) is 1. The molecule has 1 aliphatic rings. The van der Waals surface area contributed by atoms with Crippen LogP contribution in [0.25, 0.3) is 0 Å². The summed E-state index contributed by atoms with van der Waals surface area (Å²) in [4.78, 5) is 0.562. The van der Waals surface area contributed by atoms with Gasteiger partial charge in [0.2, 0.25) is 0 Å². The lowest BCUT2D eigenvalue weighted by Crippen LogP contribution is -2.10. The van der Waals surface area contributed by atoms with Gasteiger partial charge in [-0.3, -0.25) is 0 Å². The van der Waals surface area contributed by atoms with E-state index in [1.807, 2.05) is 32.2 Å². The zero-order valence-corrected chi connectivity index (χ0v) is 9.76.